The molecule has 0 amide bonds. The summed E-state index contributed by atoms with van der Waals surface area (Å²) in [6.45, 7) is 0. The summed E-state index contributed by atoms with van der Waals surface area (Å²) in [7, 11) is 0. The molecule has 0 unspecified atom stereocenters. The zero-order valence-electron chi connectivity index (χ0n) is 18.0. The van der Waals surface area contributed by atoms with Crippen molar-refractivity contribution >= 4 is 52.4 Å². The van der Waals surface area contributed by atoms with Crippen LogP contribution in [0.3, 0.4) is 0 Å². The number of aromatic nitrogens is 4. The first-order valence-corrected chi connectivity index (χ1v) is 11.1. The third kappa shape index (κ3) is 4.32. The van der Waals surface area contributed by atoms with Crippen LogP contribution in [0.25, 0.3) is 52.4 Å². The van der Waals surface area contributed by atoms with Crippen LogP contribution in [0.15, 0.2) is 78.9 Å². The quantitative estimate of drug-likeness (QED) is 0.277. The molecule has 1 aliphatic carbocycles. The summed E-state index contributed by atoms with van der Waals surface area (Å²) in [5, 5.41) is 0. The number of allylic oxidation sites excluding steroid dienone is 1. The lowest BCUT2D eigenvalue weighted by molar-refractivity contribution is 1.28. The molecule has 3 aliphatic rings. The molecule has 5 heterocycles. The zero-order chi connectivity index (χ0) is 22.0. The van der Waals surface area contributed by atoms with Gasteiger partial charge in [-0.15, -0.1) is 0 Å². The first-order chi connectivity index (χ1) is 16.3. The van der Waals surface area contributed by atoms with Gasteiger partial charge in [-0.3, -0.25) is 0 Å². The second-order valence-corrected chi connectivity index (χ2v) is 8.21. The van der Waals surface area contributed by atoms with E-state index in [2.05, 4.69) is 86.7 Å². The van der Waals surface area contributed by atoms with Gasteiger partial charge in [0.05, 0.1) is 22.8 Å². The number of hydrogen-bond donors (Lipinski definition) is 2. The SMILES string of the molecule is C1=Cc2cc3ccc(cc4ccc(cc5nc(cc1n2)C=C5)[nH]4)[nH]3.C1=Cc2ccccc2C1. The summed E-state index contributed by atoms with van der Waals surface area (Å²) in [5.41, 5.74) is 10.7. The van der Waals surface area contributed by atoms with Gasteiger partial charge in [0.15, 0.2) is 0 Å². The molecule has 4 nitrogen and oxygen atoms in total. The highest BCUT2D eigenvalue weighted by Gasteiger charge is 2.02. The highest BCUT2D eigenvalue weighted by molar-refractivity contribution is 5.77. The van der Waals surface area contributed by atoms with Crippen molar-refractivity contribution in [2.24, 2.45) is 0 Å². The first kappa shape index (κ1) is 19.3. The van der Waals surface area contributed by atoms with E-state index in [4.69, 9.17) is 0 Å². The number of nitrogens with zero attached hydrogens (tertiary/aromatic N) is 2. The van der Waals surface area contributed by atoms with Crippen molar-refractivity contribution in [3.8, 4) is 0 Å². The van der Waals surface area contributed by atoms with Crippen LogP contribution in [-0.4, -0.2) is 19.9 Å². The van der Waals surface area contributed by atoms with Gasteiger partial charge in [-0.1, -0.05) is 36.4 Å². The van der Waals surface area contributed by atoms with E-state index >= 15 is 0 Å². The lowest BCUT2D eigenvalue weighted by atomic mass is 10.1. The number of hydrogen-bond acceptors (Lipinski definition) is 2. The Labute approximate surface area is 191 Å². The fraction of sp³-hybridized carbons (Fsp3) is 0.0345. The molecule has 8 bridgehead atoms. The average Bonchev–Trinajstić information content (AvgIpc) is 3.63. The van der Waals surface area contributed by atoms with E-state index in [1.54, 1.807) is 0 Å². The first-order valence-electron chi connectivity index (χ1n) is 11.1. The van der Waals surface area contributed by atoms with Crippen molar-refractivity contribution in [1.29, 1.82) is 0 Å². The van der Waals surface area contributed by atoms with Crippen LogP contribution in [0.5, 0.6) is 0 Å². The number of nitrogens with one attached hydrogen (secondary N) is 2. The maximum absolute atomic E-state index is 4.62. The predicted molar refractivity (Wildman–Crippen MR) is 138 cm³/mol. The molecule has 0 radical (unpaired) electrons. The van der Waals surface area contributed by atoms with Gasteiger partial charge in [0.25, 0.3) is 0 Å². The van der Waals surface area contributed by atoms with E-state index in [0.29, 0.717) is 0 Å². The molecule has 0 spiro atoms. The Bertz CT molecular complexity index is 1510. The highest BCUT2D eigenvalue weighted by atomic mass is 14.8. The number of benzene rings is 1. The Morgan fingerprint density at radius 2 is 1.03 bits per heavy atom. The van der Waals surface area contributed by atoms with Gasteiger partial charge in [-0.25, -0.2) is 9.97 Å². The lowest BCUT2D eigenvalue weighted by Crippen LogP contribution is -1.77. The second kappa shape index (κ2) is 8.24. The monoisotopic (exact) mass is 426 g/mol. The van der Waals surface area contributed by atoms with Crippen LogP contribution < -0.4 is 0 Å². The summed E-state index contributed by atoms with van der Waals surface area (Å²) in [6.07, 6.45) is 13.5. The van der Waals surface area contributed by atoms with Crippen molar-refractivity contribution < 1.29 is 0 Å². The third-order valence-electron chi connectivity index (χ3n) is 5.73. The van der Waals surface area contributed by atoms with Gasteiger partial charge in [0.2, 0.25) is 0 Å². The summed E-state index contributed by atoms with van der Waals surface area (Å²) < 4.78 is 0. The molecule has 0 saturated heterocycles. The smallest absolute Gasteiger partial charge is 0.0659 e. The molecule has 1 aromatic carbocycles. The fourth-order valence-electron chi connectivity index (χ4n) is 4.14. The minimum absolute atomic E-state index is 0.915. The van der Waals surface area contributed by atoms with E-state index < -0.39 is 0 Å². The maximum Gasteiger partial charge on any atom is 0.0659 e. The number of fused-ring (bicyclic) bond motifs is 9. The van der Waals surface area contributed by atoms with Gasteiger partial charge in [-0.2, -0.15) is 0 Å². The molecule has 0 fully saturated rings. The van der Waals surface area contributed by atoms with Crippen molar-refractivity contribution in [3.63, 3.8) is 0 Å². The molecule has 7 rings (SSSR count). The molecule has 158 valence electrons. The van der Waals surface area contributed by atoms with E-state index in [9.17, 15) is 0 Å². The van der Waals surface area contributed by atoms with E-state index in [-0.39, 0.29) is 0 Å². The third-order valence-corrected chi connectivity index (χ3v) is 5.73. The van der Waals surface area contributed by atoms with Crippen LogP contribution in [-0.2, 0) is 6.42 Å². The molecule has 0 atom stereocenters. The van der Waals surface area contributed by atoms with E-state index in [1.165, 1.54) is 11.1 Å². The van der Waals surface area contributed by atoms with Gasteiger partial charge in [-0.05, 0) is 90.4 Å². The second-order valence-electron chi connectivity index (χ2n) is 8.21. The van der Waals surface area contributed by atoms with Crippen LogP contribution in [0.4, 0.5) is 0 Å². The molecule has 2 N–H and O–H groups in total. The van der Waals surface area contributed by atoms with Crippen LogP contribution in [0, 0.1) is 0 Å². The summed E-state index contributed by atoms with van der Waals surface area (Å²) in [5.74, 6) is 0. The normalized spacial score (nSPS) is 13.0. The van der Waals surface area contributed by atoms with Crippen LogP contribution in [0.1, 0.15) is 33.9 Å². The van der Waals surface area contributed by atoms with Crippen molar-refractivity contribution in [2.45, 2.75) is 6.42 Å². The van der Waals surface area contributed by atoms with E-state index in [0.717, 1.165) is 51.3 Å². The maximum atomic E-state index is 4.62. The molecule has 3 aromatic heterocycles. The van der Waals surface area contributed by atoms with Gasteiger partial charge in [0, 0.05) is 22.1 Å². The molecule has 4 aromatic rings. The average molecular weight is 427 g/mol. The van der Waals surface area contributed by atoms with Gasteiger partial charge < -0.3 is 9.97 Å². The molecule has 4 heteroatoms. The molecule has 2 aliphatic heterocycles. The summed E-state index contributed by atoms with van der Waals surface area (Å²) >= 11 is 0. The number of H-pyrrole nitrogens is 2. The van der Waals surface area contributed by atoms with Crippen molar-refractivity contribution in [2.75, 3.05) is 0 Å². The molecule has 33 heavy (non-hydrogen) atoms. The largest absolute Gasteiger partial charge is 0.355 e. The fourth-order valence-corrected chi connectivity index (χ4v) is 4.14. The standard InChI is InChI=1S/C20H14N4.C9H8/c1-2-14-10-16-5-6-18(23-16)12-20-8-7-19(24-20)11-17-4-3-15(22-17)9-13(1)21-14;1-2-5-9-7-3-6-8(9)4-1/h1-12,21-22H;1-6H,7H2. The van der Waals surface area contributed by atoms with Gasteiger partial charge >= 0.3 is 0 Å². The molecular weight excluding hydrogens is 404 g/mol. The number of rotatable bonds is 0. The Kier molecular flexibility index (Phi) is 4.81. The molecular formula is C29H22N4. The van der Waals surface area contributed by atoms with Crippen molar-refractivity contribution in [1.82, 2.24) is 19.9 Å². The summed E-state index contributed by atoms with van der Waals surface area (Å²) in [4.78, 5) is 16.0. The topological polar surface area (TPSA) is 57.4 Å². The van der Waals surface area contributed by atoms with Crippen molar-refractivity contribution in [3.05, 3.63) is 113 Å². The Morgan fingerprint density at radius 3 is 1.61 bits per heavy atom. The van der Waals surface area contributed by atoms with Crippen LogP contribution >= 0.6 is 0 Å². The Hall–Kier alpha value is -4.44. The molecule has 0 saturated carbocycles. The summed E-state index contributed by atoms with van der Waals surface area (Å²) in [6, 6.07) is 24.9. The highest BCUT2D eigenvalue weighted by Crippen LogP contribution is 2.18. The minimum atomic E-state index is 0.915. The lowest BCUT2D eigenvalue weighted by Gasteiger charge is -1.93. The Morgan fingerprint density at radius 1 is 0.515 bits per heavy atom. The zero-order valence-corrected chi connectivity index (χ0v) is 18.0. The minimum Gasteiger partial charge on any atom is -0.355 e. The number of aromatic amines is 2. The van der Waals surface area contributed by atoms with Crippen LogP contribution in [0.2, 0.25) is 0 Å². The van der Waals surface area contributed by atoms with Gasteiger partial charge in [0.1, 0.15) is 0 Å². The Balaban J connectivity index is 0.000000192. The predicted octanol–water partition coefficient (Wildman–Crippen LogP) is 6.91. The van der Waals surface area contributed by atoms with E-state index in [1.807, 2.05) is 42.5 Å².